The lowest BCUT2D eigenvalue weighted by atomic mass is 9.90. The van der Waals surface area contributed by atoms with E-state index in [1.165, 1.54) is 0 Å². The number of rotatable bonds is 4. The first-order valence-electron chi connectivity index (χ1n) is 3.69. The van der Waals surface area contributed by atoms with E-state index in [2.05, 4.69) is 0 Å². The number of aliphatic hydroxyl groups is 1. The monoisotopic (exact) mass is 179 g/mol. The first-order chi connectivity index (χ1) is 5.25. The number of nitrogens with two attached hydrogens (primary N) is 1. The van der Waals surface area contributed by atoms with Crippen LogP contribution >= 0.6 is 0 Å². The number of hydrogen-bond acceptors (Lipinski definition) is 3. The van der Waals surface area contributed by atoms with Gasteiger partial charge >= 0.3 is 5.97 Å². The Morgan fingerprint density at radius 1 is 1.67 bits per heavy atom. The van der Waals surface area contributed by atoms with Gasteiger partial charge in [-0.25, -0.2) is 4.39 Å². The molecule has 2 atom stereocenters. The number of alkyl halides is 1. The van der Waals surface area contributed by atoms with E-state index in [0.717, 1.165) is 6.92 Å². The molecule has 4 nitrogen and oxygen atoms in total. The van der Waals surface area contributed by atoms with Gasteiger partial charge in [-0.2, -0.15) is 0 Å². The number of carboxylic acids is 1. The van der Waals surface area contributed by atoms with E-state index in [9.17, 15) is 9.18 Å². The summed E-state index contributed by atoms with van der Waals surface area (Å²) < 4.78 is 13.2. The summed E-state index contributed by atoms with van der Waals surface area (Å²) in [6, 6.07) is 0. The molecule has 0 aliphatic rings. The smallest absolute Gasteiger partial charge is 0.329 e. The Morgan fingerprint density at radius 2 is 2.08 bits per heavy atom. The molecule has 0 aliphatic heterocycles. The molecular weight excluding hydrogens is 165 g/mol. The summed E-state index contributed by atoms with van der Waals surface area (Å²) in [7, 11) is 0. The first kappa shape index (κ1) is 11.3. The van der Waals surface area contributed by atoms with Gasteiger partial charge in [0, 0.05) is 6.42 Å². The zero-order chi connectivity index (χ0) is 9.99. The van der Waals surface area contributed by atoms with Gasteiger partial charge in [-0.1, -0.05) is 13.3 Å². The Hall–Kier alpha value is -0.680. The minimum atomic E-state index is -2.85. The third-order valence-corrected chi connectivity index (χ3v) is 1.82. The number of carboxylic acid groups (broad SMARTS) is 1. The summed E-state index contributed by atoms with van der Waals surface area (Å²) >= 11 is 0. The Morgan fingerprint density at radius 3 is 2.33 bits per heavy atom. The number of halogens is 1. The molecule has 0 saturated heterocycles. The molecular formula is C7H14FNO3. The van der Waals surface area contributed by atoms with Gasteiger partial charge < -0.3 is 15.9 Å². The topological polar surface area (TPSA) is 83.5 Å². The zero-order valence-electron chi connectivity index (χ0n) is 7.17. The third kappa shape index (κ3) is 1.92. The average molecular weight is 179 g/mol. The average Bonchev–Trinajstić information content (AvgIpc) is 1.86. The summed E-state index contributed by atoms with van der Waals surface area (Å²) in [4.78, 5) is 10.4. The standard InChI is InChI=1S/C7H14FNO3/c1-3-4-7(8,12)6(2,9)5(10)11/h12H,3-4,9H2,1-2H3,(H,10,11). The minimum Gasteiger partial charge on any atom is -0.480 e. The lowest BCUT2D eigenvalue weighted by Gasteiger charge is -2.31. The zero-order valence-corrected chi connectivity index (χ0v) is 7.17. The predicted molar refractivity (Wildman–Crippen MR) is 41.2 cm³/mol. The van der Waals surface area contributed by atoms with Gasteiger partial charge in [0.05, 0.1) is 0 Å². The van der Waals surface area contributed by atoms with Crippen LogP contribution in [-0.2, 0) is 4.79 Å². The molecule has 0 aromatic rings. The van der Waals surface area contributed by atoms with Crippen LogP contribution in [0.1, 0.15) is 26.7 Å². The van der Waals surface area contributed by atoms with Crippen molar-refractivity contribution in [2.75, 3.05) is 0 Å². The maximum atomic E-state index is 13.2. The Kier molecular flexibility index (Phi) is 3.17. The fraction of sp³-hybridized carbons (Fsp3) is 0.857. The fourth-order valence-electron chi connectivity index (χ4n) is 0.755. The van der Waals surface area contributed by atoms with Crippen molar-refractivity contribution in [3.8, 4) is 0 Å². The highest BCUT2D eigenvalue weighted by molar-refractivity contribution is 5.79. The van der Waals surface area contributed by atoms with E-state index in [0.29, 0.717) is 6.42 Å². The van der Waals surface area contributed by atoms with Crippen LogP contribution in [-0.4, -0.2) is 27.6 Å². The van der Waals surface area contributed by atoms with Crippen molar-refractivity contribution in [1.82, 2.24) is 0 Å². The summed E-state index contributed by atoms with van der Waals surface area (Å²) in [5.74, 6) is -4.41. The highest BCUT2D eigenvalue weighted by atomic mass is 19.2. The van der Waals surface area contributed by atoms with Gasteiger partial charge in [-0.05, 0) is 6.92 Å². The molecule has 4 N–H and O–H groups in total. The molecule has 2 unspecified atom stereocenters. The molecule has 0 rings (SSSR count). The van der Waals surface area contributed by atoms with Crippen molar-refractivity contribution < 1.29 is 19.4 Å². The van der Waals surface area contributed by atoms with Crippen LogP contribution in [0.25, 0.3) is 0 Å². The number of aliphatic carboxylic acids is 1. The van der Waals surface area contributed by atoms with Crippen molar-refractivity contribution in [2.45, 2.75) is 38.1 Å². The molecule has 0 fully saturated rings. The van der Waals surface area contributed by atoms with E-state index in [4.69, 9.17) is 15.9 Å². The van der Waals surface area contributed by atoms with Gasteiger partial charge in [0.2, 0.25) is 5.85 Å². The largest absolute Gasteiger partial charge is 0.480 e. The quantitative estimate of drug-likeness (QED) is 0.577. The van der Waals surface area contributed by atoms with Gasteiger partial charge in [-0.3, -0.25) is 4.79 Å². The predicted octanol–water partition coefficient (Wildman–Crippen LogP) is 0.247. The highest BCUT2D eigenvalue weighted by Gasteiger charge is 2.50. The normalized spacial score (nSPS) is 21.1. The maximum absolute atomic E-state index is 13.2. The molecule has 5 heteroatoms. The van der Waals surface area contributed by atoms with E-state index in [1.54, 1.807) is 6.92 Å². The molecule has 0 aliphatic carbocycles. The van der Waals surface area contributed by atoms with Gasteiger partial charge in [0.25, 0.3) is 0 Å². The van der Waals surface area contributed by atoms with Gasteiger partial charge in [-0.15, -0.1) is 0 Å². The SMILES string of the molecule is CCCC(O)(F)C(C)(N)C(=O)O. The van der Waals surface area contributed by atoms with E-state index in [1.807, 2.05) is 0 Å². The van der Waals surface area contributed by atoms with Crippen LogP contribution in [0.3, 0.4) is 0 Å². The number of carbonyl (C=O) groups is 1. The molecule has 0 heterocycles. The van der Waals surface area contributed by atoms with E-state index >= 15 is 0 Å². The Bertz CT molecular complexity index is 179. The molecule has 0 bridgehead atoms. The first-order valence-corrected chi connectivity index (χ1v) is 3.69. The second-order valence-corrected chi connectivity index (χ2v) is 3.02. The van der Waals surface area contributed by atoms with Gasteiger partial charge in [0.15, 0.2) is 5.54 Å². The minimum absolute atomic E-state index is 0.285. The Balaban J connectivity index is 4.62. The molecule has 0 amide bonds. The molecule has 0 saturated carbocycles. The van der Waals surface area contributed by atoms with Crippen molar-refractivity contribution in [2.24, 2.45) is 5.73 Å². The molecule has 0 radical (unpaired) electrons. The van der Waals surface area contributed by atoms with Crippen molar-refractivity contribution >= 4 is 5.97 Å². The van der Waals surface area contributed by atoms with Crippen molar-refractivity contribution in [3.05, 3.63) is 0 Å². The van der Waals surface area contributed by atoms with E-state index in [-0.39, 0.29) is 6.42 Å². The maximum Gasteiger partial charge on any atom is 0.329 e. The van der Waals surface area contributed by atoms with Gasteiger partial charge in [0.1, 0.15) is 0 Å². The summed E-state index contributed by atoms with van der Waals surface area (Å²) in [5.41, 5.74) is 2.85. The summed E-state index contributed by atoms with van der Waals surface area (Å²) in [6.45, 7) is 2.58. The third-order valence-electron chi connectivity index (χ3n) is 1.82. The van der Waals surface area contributed by atoms with Crippen LogP contribution in [0.2, 0.25) is 0 Å². The number of hydrogen-bond donors (Lipinski definition) is 3. The van der Waals surface area contributed by atoms with Crippen molar-refractivity contribution in [1.29, 1.82) is 0 Å². The van der Waals surface area contributed by atoms with Crippen LogP contribution in [0.15, 0.2) is 0 Å². The molecule has 72 valence electrons. The molecule has 12 heavy (non-hydrogen) atoms. The van der Waals surface area contributed by atoms with Crippen LogP contribution in [0, 0.1) is 0 Å². The molecule has 0 aromatic heterocycles. The van der Waals surface area contributed by atoms with Crippen LogP contribution in [0.5, 0.6) is 0 Å². The summed E-state index contributed by atoms with van der Waals surface area (Å²) in [5, 5.41) is 17.5. The van der Waals surface area contributed by atoms with Crippen LogP contribution in [0.4, 0.5) is 4.39 Å². The molecule has 0 aromatic carbocycles. The second kappa shape index (κ2) is 3.37. The van der Waals surface area contributed by atoms with E-state index < -0.39 is 17.4 Å². The highest BCUT2D eigenvalue weighted by Crippen LogP contribution is 2.26. The molecule has 0 spiro atoms. The lowest BCUT2D eigenvalue weighted by molar-refractivity contribution is -0.180. The fourth-order valence-corrected chi connectivity index (χ4v) is 0.755. The summed E-state index contributed by atoms with van der Waals surface area (Å²) in [6.07, 6.45) is 0.0410. The second-order valence-electron chi connectivity index (χ2n) is 3.02. The van der Waals surface area contributed by atoms with Crippen molar-refractivity contribution in [3.63, 3.8) is 0 Å². The Labute approximate surface area is 70.2 Å². The van der Waals surface area contributed by atoms with Crippen LogP contribution < -0.4 is 5.73 Å². The lowest BCUT2D eigenvalue weighted by Crippen LogP contribution is -2.61.